The van der Waals surface area contributed by atoms with E-state index in [-0.39, 0.29) is 13.2 Å². The van der Waals surface area contributed by atoms with Gasteiger partial charge in [-0.25, -0.2) is 0 Å². The van der Waals surface area contributed by atoms with Crippen LogP contribution in [-0.4, -0.2) is 49.6 Å². The number of hydrogen-bond acceptors (Lipinski definition) is 2. The van der Waals surface area contributed by atoms with E-state index in [0.717, 1.165) is 32.6 Å². The number of quaternary nitrogens is 2. The molecule has 0 aliphatic heterocycles. The van der Waals surface area contributed by atoms with E-state index in [2.05, 4.69) is 5.73 Å². The molecule has 0 aromatic heterocycles. The van der Waals surface area contributed by atoms with Crippen molar-refractivity contribution in [2.75, 3.05) is 39.4 Å². The molecule has 0 bridgehead atoms. The smallest absolute Gasteiger partial charge is 0.101 e. The highest BCUT2D eigenvalue weighted by Gasteiger charge is 2.05. The predicted octanol–water partition coefficient (Wildman–Crippen LogP) is -3.51. The molecule has 0 fully saturated rings. The molecule has 0 aliphatic carbocycles. The summed E-state index contributed by atoms with van der Waals surface area (Å²) in [4.78, 5) is 1.26. The summed E-state index contributed by atoms with van der Waals surface area (Å²) in [5.74, 6) is 0. The predicted molar refractivity (Wildman–Crippen MR) is 42.1 cm³/mol. The summed E-state index contributed by atoms with van der Waals surface area (Å²) in [6, 6.07) is 0. The maximum absolute atomic E-state index is 8.64. The second-order valence-electron chi connectivity index (χ2n) is 2.65. The Morgan fingerprint density at radius 3 is 1.91 bits per heavy atom. The molecule has 0 atom stereocenters. The minimum absolute atomic E-state index is 0.201. The average Bonchev–Trinajstić information content (AvgIpc) is 2.01. The van der Waals surface area contributed by atoms with Crippen molar-refractivity contribution in [2.45, 2.75) is 6.42 Å². The van der Waals surface area contributed by atoms with Gasteiger partial charge < -0.3 is 20.8 Å². The van der Waals surface area contributed by atoms with Crippen molar-refractivity contribution in [3.05, 3.63) is 0 Å². The monoisotopic (exact) mass is 164 g/mol. The van der Waals surface area contributed by atoms with Crippen LogP contribution in [0.25, 0.3) is 0 Å². The SMILES string of the molecule is [NH3+]CCC[NH+](CCO)CCO. The van der Waals surface area contributed by atoms with Crippen molar-refractivity contribution in [3.63, 3.8) is 0 Å². The van der Waals surface area contributed by atoms with Crippen LogP contribution in [-0.2, 0) is 0 Å². The Labute approximate surface area is 67.6 Å². The van der Waals surface area contributed by atoms with E-state index in [1.54, 1.807) is 0 Å². The molecule has 0 saturated heterocycles. The Hall–Kier alpha value is -0.160. The highest BCUT2D eigenvalue weighted by atomic mass is 16.3. The number of rotatable bonds is 7. The Morgan fingerprint density at radius 2 is 1.55 bits per heavy atom. The molecular weight excluding hydrogens is 144 g/mol. The van der Waals surface area contributed by atoms with Crippen molar-refractivity contribution < 1.29 is 20.8 Å². The lowest BCUT2D eigenvalue weighted by Crippen LogP contribution is -3.13. The van der Waals surface area contributed by atoms with Crippen LogP contribution in [0.3, 0.4) is 0 Å². The van der Waals surface area contributed by atoms with Gasteiger partial charge in [-0.2, -0.15) is 0 Å². The van der Waals surface area contributed by atoms with Gasteiger partial charge in [0, 0.05) is 6.42 Å². The van der Waals surface area contributed by atoms with Gasteiger partial charge in [-0.3, -0.25) is 0 Å². The Bertz CT molecular complexity index is 74.8. The largest absolute Gasteiger partial charge is 0.391 e. The van der Waals surface area contributed by atoms with Gasteiger partial charge in [0.1, 0.15) is 13.1 Å². The molecular formula is C7H20N2O2+2. The summed E-state index contributed by atoms with van der Waals surface area (Å²) < 4.78 is 0. The third-order valence-corrected chi connectivity index (χ3v) is 1.71. The Kier molecular flexibility index (Phi) is 7.83. The first-order valence-corrected chi connectivity index (χ1v) is 4.19. The van der Waals surface area contributed by atoms with E-state index < -0.39 is 0 Å². The van der Waals surface area contributed by atoms with Crippen LogP contribution in [0.1, 0.15) is 6.42 Å². The summed E-state index contributed by atoms with van der Waals surface area (Å²) in [5.41, 5.74) is 3.74. The van der Waals surface area contributed by atoms with Crippen molar-refractivity contribution in [2.24, 2.45) is 0 Å². The highest BCUT2D eigenvalue weighted by molar-refractivity contribution is 4.31. The van der Waals surface area contributed by atoms with Gasteiger partial charge in [-0.15, -0.1) is 0 Å². The minimum Gasteiger partial charge on any atom is -0.391 e. The number of hydrogen-bond donors (Lipinski definition) is 4. The summed E-state index contributed by atoms with van der Waals surface area (Å²) in [6.45, 7) is 3.81. The lowest BCUT2D eigenvalue weighted by molar-refractivity contribution is -0.901. The van der Waals surface area contributed by atoms with E-state index >= 15 is 0 Å². The first-order chi connectivity index (χ1) is 5.35. The average molecular weight is 164 g/mol. The highest BCUT2D eigenvalue weighted by Crippen LogP contribution is 1.62. The van der Waals surface area contributed by atoms with Crippen LogP contribution in [0.4, 0.5) is 0 Å². The van der Waals surface area contributed by atoms with E-state index in [4.69, 9.17) is 10.2 Å². The topological polar surface area (TPSA) is 72.5 Å². The summed E-state index contributed by atoms with van der Waals surface area (Å²) in [7, 11) is 0. The Morgan fingerprint density at radius 1 is 1.00 bits per heavy atom. The van der Waals surface area contributed by atoms with Crippen LogP contribution < -0.4 is 10.6 Å². The van der Waals surface area contributed by atoms with Gasteiger partial charge in [0.05, 0.1) is 26.3 Å². The fraction of sp³-hybridized carbons (Fsp3) is 1.00. The molecule has 0 unspecified atom stereocenters. The zero-order valence-electron chi connectivity index (χ0n) is 7.05. The number of aliphatic hydroxyl groups is 2. The van der Waals surface area contributed by atoms with Crippen molar-refractivity contribution in [3.8, 4) is 0 Å². The van der Waals surface area contributed by atoms with Gasteiger partial charge in [0.25, 0.3) is 0 Å². The molecule has 0 aromatic carbocycles. The molecule has 4 nitrogen and oxygen atoms in total. The van der Waals surface area contributed by atoms with Crippen LogP contribution >= 0.6 is 0 Å². The third-order valence-electron chi connectivity index (χ3n) is 1.71. The molecule has 0 aromatic rings. The molecule has 11 heavy (non-hydrogen) atoms. The van der Waals surface area contributed by atoms with Crippen molar-refractivity contribution in [1.82, 2.24) is 0 Å². The molecule has 0 amide bonds. The van der Waals surface area contributed by atoms with Crippen molar-refractivity contribution >= 4 is 0 Å². The first-order valence-electron chi connectivity index (χ1n) is 4.19. The quantitative estimate of drug-likeness (QED) is 0.315. The fourth-order valence-corrected chi connectivity index (χ4v) is 1.07. The van der Waals surface area contributed by atoms with E-state index in [1.807, 2.05) is 0 Å². The normalized spacial score (nSPS) is 10.9. The number of nitrogens with one attached hydrogen (secondary N) is 1. The van der Waals surface area contributed by atoms with E-state index in [9.17, 15) is 0 Å². The lowest BCUT2D eigenvalue weighted by Gasteiger charge is -2.15. The van der Waals surface area contributed by atoms with Gasteiger partial charge in [0.15, 0.2) is 0 Å². The second-order valence-corrected chi connectivity index (χ2v) is 2.65. The summed E-state index contributed by atoms with van der Waals surface area (Å²) in [6.07, 6.45) is 1.06. The molecule has 0 heterocycles. The first kappa shape index (κ1) is 10.8. The number of aliphatic hydroxyl groups excluding tert-OH is 2. The Balaban J connectivity index is 3.34. The van der Waals surface area contributed by atoms with Crippen LogP contribution in [0.15, 0.2) is 0 Å². The molecule has 0 saturated carbocycles. The summed E-state index contributed by atoms with van der Waals surface area (Å²) >= 11 is 0. The fourth-order valence-electron chi connectivity index (χ4n) is 1.07. The maximum Gasteiger partial charge on any atom is 0.101 e. The maximum atomic E-state index is 8.64. The van der Waals surface area contributed by atoms with Crippen LogP contribution in [0.2, 0.25) is 0 Å². The summed E-state index contributed by atoms with van der Waals surface area (Å²) in [5, 5.41) is 17.3. The second kappa shape index (κ2) is 7.94. The van der Waals surface area contributed by atoms with Crippen molar-refractivity contribution in [1.29, 1.82) is 0 Å². The standard InChI is InChI=1S/C7H18N2O2/c8-2-1-3-9(4-6-10)5-7-11/h10-11H,1-8H2/p+2. The van der Waals surface area contributed by atoms with Crippen LogP contribution in [0, 0.1) is 0 Å². The molecule has 6 N–H and O–H groups in total. The molecule has 0 spiro atoms. The zero-order chi connectivity index (χ0) is 8.53. The minimum atomic E-state index is 0.201. The molecule has 4 heteroatoms. The van der Waals surface area contributed by atoms with Gasteiger partial charge in [0.2, 0.25) is 0 Å². The lowest BCUT2D eigenvalue weighted by atomic mass is 10.3. The van der Waals surface area contributed by atoms with Crippen LogP contribution in [0.5, 0.6) is 0 Å². The molecule has 0 aliphatic rings. The van der Waals surface area contributed by atoms with Gasteiger partial charge in [-0.05, 0) is 0 Å². The van der Waals surface area contributed by atoms with Gasteiger partial charge >= 0.3 is 0 Å². The zero-order valence-corrected chi connectivity index (χ0v) is 7.05. The third kappa shape index (κ3) is 6.25. The van der Waals surface area contributed by atoms with E-state index in [1.165, 1.54) is 4.90 Å². The van der Waals surface area contributed by atoms with Gasteiger partial charge in [-0.1, -0.05) is 0 Å². The molecule has 0 rings (SSSR count). The molecule has 68 valence electrons. The van der Waals surface area contributed by atoms with E-state index in [0.29, 0.717) is 0 Å². The molecule has 0 radical (unpaired) electrons.